The molecule has 6 heteroatoms. The number of benzene rings is 1. The second-order valence-electron chi connectivity index (χ2n) is 5.26. The van der Waals surface area contributed by atoms with Gasteiger partial charge in [0.1, 0.15) is 0 Å². The Labute approximate surface area is 115 Å². The third kappa shape index (κ3) is 3.30. The molecule has 1 aliphatic carbocycles. The zero-order valence-electron chi connectivity index (χ0n) is 11.0. The third-order valence-electron chi connectivity index (χ3n) is 3.75. The van der Waals surface area contributed by atoms with Crippen molar-refractivity contribution in [1.82, 2.24) is 5.32 Å². The second-order valence-corrected chi connectivity index (χ2v) is 5.26. The van der Waals surface area contributed by atoms with Crippen molar-refractivity contribution in [3.8, 4) is 0 Å². The smallest absolute Gasteiger partial charge is 0.349 e. The molecule has 0 radical (unpaired) electrons. The van der Waals surface area contributed by atoms with Gasteiger partial charge in [-0.3, -0.25) is 4.79 Å². The number of nitrogens with one attached hydrogen (secondary N) is 1. The lowest BCUT2D eigenvalue weighted by molar-refractivity contribution is -0.137. The predicted octanol–water partition coefficient (Wildman–Crippen LogP) is 2.25. The summed E-state index contributed by atoms with van der Waals surface area (Å²) in [6.07, 6.45) is -1.52. The molecular formula is C14H17F3N2O. The maximum absolute atomic E-state index is 12.4. The van der Waals surface area contributed by atoms with Gasteiger partial charge in [0.15, 0.2) is 0 Å². The van der Waals surface area contributed by atoms with Crippen molar-refractivity contribution in [2.45, 2.75) is 37.4 Å². The number of amides is 1. The van der Waals surface area contributed by atoms with Crippen LogP contribution >= 0.6 is 0 Å². The molecule has 0 atom stereocenters. The molecule has 1 amide bonds. The first-order valence-corrected chi connectivity index (χ1v) is 6.52. The standard InChI is InChI=1S/C14H17F3N2O/c15-14(16,17)11-4-2-10(3-5-11)8-12(20)19-13(9-18)6-1-7-13/h2-5H,1,6-9,18H2,(H,19,20). The summed E-state index contributed by atoms with van der Waals surface area (Å²) >= 11 is 0. The van der Waals surface area contributed by atoms with Gasteiger partial charge in [0, 0.05) is 6.54 Å². The number of halogens is 3. The van der Waals surface area contributed by atoms with Crippen molar-refractivity contribution in [2.75, 3.05) is 6.54 Å². The average molecular weight is 286 g/mol. The van der Waals surface area contributed by atoms with Gasteiger partial charge in [0.25, 0.3) is 0 Å². The number of hydrogen-bond acceptors (Lipinski definition) is 2. The van der Waals surface area contributed by atoms with Gasteiger partial charge < -0.3 is 11.1 Å². The van der Waals surface area contributed by atoms with Crippen LogP contribution in [0.15, 0.2) is 24.3 Å². The van der Waals surface area contributed by atoms with E-state index in [0.29, 0.717) is 12.1 Å². The molecule has 20 heavy (non-hydrogen) atoms. The summed E-state index contributed by atoms with van der Waals surface area (Å²) < 4.78 is 37.2. The molecule has 1 aliphatic rings. The van der Waals surface area contributed by atoms with Crippen LogP contribution in [0, 0.1) is 0 Å². The molecule has 1 fully saturated rings. The van der Waals surface area contributed by atoms with Gasteiger partial charge in [-0.2, -0.15) is 13.2 Å². The molecule has 3 nitrogen and oxygen atoms in total. The largest absolute Gasteiger partial charge is 0.416 e. The van der Waals surface area contributed by atoms with Crippen molar-refractivity contribution in [3.05, 3.63) is 35.4 Å². The van der Waals surface area contributed by atoms with Crippen LogP contribution in [0.4, 0.5) is 13.2 Å². The van der Waals surface area contributed by atoms with E-state index < -0.39 is 11.7 Å². The van der Waals surface area contributed by atoms with Crippen LogP contribution in [0.2, 0.25) is 0 Å². The topological polar surface area (TPSA) is 55.1 Å². The van der Waals surface area contributed by atoms with Crippen molar-refractivity contribution < 1.29 is 18.0 Å². The van der Waals surface area contributed by atoms with Crippen molar-refractivity contribution >= 4 is 5.91 Å². The van der Waals surface area contributed by atoms with Gasteiger partial charge in [-0.1, -0.05) is 12.1 Å². The predicted molar refractivity (Wildman–Crippen MR) is 68.9 cm³/mol. The molecule has 0 saturated heterocycles. The van der Waals surface area contributed by atoms with E-state index in [9.17, 15) is 18.0 Å². The monoisotopic (exact) mass is 286 g/mol. The SMILES string of the molecule is NCC1(NC(=O)Cc2ccc(C(F)(F)F)cc2)CCC1. The van der Waals surface area contributed by atoms with Gasteiger partial charge in [0.05, 0.1) is 17.5 Å². The molecule has 0 bridgehead atoms. The summed E-state index contributed by atoms with van der Waals surface area (Å²) in [7, 11) is 0. The number of rotatable bonds is 4. The lowest BCUT2D eigenvalue weighted by Gasteiger charge is -2.41. The molecule has 110 valence electrons. The van der Waals surface area contributed by atoms with Crippen LogP contribution in [-0.2, 0) is 17.4 Å². The van der Waals surface area contributed by atoms with E-state index in [2.05, 4.69) is 5.32 Å². The highest BCUT2D eigenvalue weighted by Gasteiger charge is 2.36. The minimum absolute atomic E-state index is 0.0693. The first kappa shape index (κ1) is 14.8. The highest BCUT2D eigenvalue weighted by atomic mass is 19.4. The van der Waals surface area contributed by atoms with Gasteiger partial charge in [-0.05, 0) is 37.0 Å². The Kier molecular flexibility index (Phi) is 4.04. The molecule has 0 aliphatic heterocycles. The summed E-state index contributed by atoms with van der Waals surface area (Å²) in [5, 5.41) is 2.89. The number of alkyl halides is 3. The summed E-state index contributed by atoms with van der Waals surface area (Å²) in [5.74, 6) is -0.199. The zero-order chi connectivity index (χ0) is 14.8. The fourth-order valence-electron chi connectivity index (χ4n) is 2.32. The number of carbonyl (C=O) groups excluding carboxylic acids is 1. The Morgan fingerprint density at radius 1 is 1.25 bits per heavy atom. The Bertz CT molecular complexity index is 473. The van der Waals surface area contributed by atoms with Crippen LogP contribution in [0.3, 0.4) is 0 Å². The zero-order valence-corrected chi connectivity index (χ0v) is 11.0. The third-order valence-corrected chi connectivity index (χ3v) is 3.75. The van der Waals surface area contributed by atoms with Crippen molar-refractivity contribution in [1.29, 1.82) is 0 Å². The maximum Gasteiger partial charge on any atom is 0.416 e. The summed E-state index contributed by atoms with van der Waals surface area (Å²) in [6, 6.07) is 4.64. The fraction of sp³-hybridized carbons (Fsp3) is 0.500. The van der Waals surface area contributed by atoms with Crippen molar-refractivity contribution in [2.24, 2.45) is 5.73 Å². The van der Waals surface area contributed by atoms with Crippen LogP contribution in [0.5, 0.6) is 0 Å². The van der Waals surface area contributed by atoms with Gasteiger partial charge in [-0.15, -0.1) is 0 Å². The highest BCUT2D eigenvalue weighted by molar-refractivity contribution is 5.79. The molecule has 1 saturated carbocycles. The first-order valence-electron chi connectivity index (χ1n) is 6.52. The van der Waals surface area contributed by atoms with Gasteiger partial charge in [-0.25, -0.2) is 0 Å². The van der Waals surface area contributed by atoms with E-state index >= 15 is 0 Å². The Balaban J connectivity index is 1.95. The van der Waals surface area contributed by atoms with Gasteiger partial charge >= 0.3 is 6.18 Å². The van der Waals surface area contributed by atoms with Crippen LogP contribution in [0.25, 0.3) is 0 Å². The first-order chi connectivity index (χ1) is 9.35. The van der Waals surface area contributed by atoms with E-state index in [1.807, 2.05) is 0 Å². The van der Waals surface area contributed by atoms with E-state index in [-0.39, 0.29) is 17.9 Å². The molecule has 1 aromatic carbocycles. The molecule has 1 aromatic rings. The number of nitrogens with two attached hydrogens (primary N) is 1. The molecule has 0 unspecified atom stereocenters. The second kappa shape index (κ2) is 5.44. The molecule has 0 spiro atoms. The number of carbonyl (C=O) groups is 1. The maximum atomic E-state index is 12.4. The highest BCUT2D eigenvalue weighted by Crippen LogP contribution is 2.31. The van der Waals surface area contributed by atoms with Crippen LogP contribution in [-0.4, -0.2) is 18.0 Å². The summed E-state index contributed by atoms with van der Waals surface area (Å²) in [4.78, 5) is 11.9. The number of hydrogen-bond donors (Lipinski definition) is 2. The van der Waals surface area contributed by atoms with Crippen molar-refractivity contribution in [3.63, 3.8) is 0 Å². The molecular weight excluding hydrogens is 269 g/mol. The molecule has 0 aromatic heterocycles. The van der Waals surface area contributed by atoms with Crippen LogP contribution < -0.4 is 11.1 Å². The minimum atomic E-state index is -4.35. The van der Waals surface area contributed by atoms with E-state index in [0.717, 1.165) is 31.4 Å². The van der Waals surface area contributed by atoms with Gasteiger partial charge in [0.2, 0.25) is 5.91 Å². The Hall–Kier alpha value is -1.56. The lowest BCUT2D eigenvalue weighted by Crippen LogP contribution is -2.58. The quantitative estimate of drug-likeness (QED) is 0.892. The normalized spacial score (nSPS) is 17.4. The molecule has 2 rings (SSSR count). The summed E-state index contributed by atoms with van der Waals surface area (Å²) in [6.45, 7) is 0.395. The Morgan fingerprint density at radius 2 is 1.85 bits per heavy atom. The fourth-order valence-corrected chi connectivity index (χ4v) is 2.32. The lowest BCUT2D eigenvalue weighted by atomic mass is 9.76. The van der Waals surface area contributed by atoms with Crippen LogP contribution in [0.1, 0.15) is 30.4 Å². The molecule has 0 heterocycles. The summed E-state index contributed by atoms with van der Waals surface area (Å²) in [5.41, 5.74) is 5.18. The van der Waals surface area contributed by atoms with E-state index in [4.69, 9.17) is 5.73 Å². The molecule has 3 N–H and O–H groups in total. The minimum Gasteiger partial charge on any atom is -0.349 e. The Morgan fingerprint density at radius 3 is 2.25 bits per heavy atom. The van der Waals surface area contributed by atoms with E-state index in [1.165, 1.54) is 12.1 Å². The average Bonchev–Trinajstić information content (AvgIpc) is 2.33. The van der Waals surface area contributed by atoms with E-state index in [1.54, 1.807) is 0 Å².